The molecule has 5 atom stereocenters. The Morgan fingerprint density at radius 2 is 1.49 bits per heavy atom. The number of rotatable bonds is 12. The van der Waals surface area contributed by atoms with Gasteiger partial charge >= 0.3 is 6.03 Å². The molecule has 2 saturated heterocycles. The zero-order valence-corrected chi connectivity index (χ0v) is 32.2. The van der Waals surface area contributed by atoms with Crippen LogP contribution in [0.25, 0.3) is 0 Å². The van der Waals surface area contributed by atoms with Gasteiger partial charge in [0.1, 0.15) is 12.1 Å². The second kappa shape index (κ2) is 15.3. The molecule has 2 aliphatic heterocycles. The average Bonchev–Trinajstić information content (AvgIpc) is 3.42. The first-order chi connectivity index (χ1) is 23.3. The van der Waals surface area contributed by atoms with Crippen LogP contribution in [0.15, 0.2) is 0 Å². The summed E-state index contributed by atoms with van der Waals surface area (Å²) >= 11 is 0. The highest BCUT2D eigenvalue weighted by atomic mass is 16.2. The lowest BCUT2D eigenvalue weighted by Gasteiger charge is -2.40. The maximum Gasteiger partial charge on any atom is 0.315 e. The SMILES string of the molecule is C#CC(C)(C)[C@@H]1C[C@@H](C(=O)NC(CC2CCC2)C(=O)C(N)=O)N(C(=O)[C@@H](NC(=O)N[C@H](CN2C(=O)CC(C)(C)CC2=O)C(C)(C)C)C(C)(C)C)C1. The number of hydrogen-bond donors (Lipinski definition) is 4. The molecule has 0 spiro atoms. The van der Waals surface area contributed by atoms with E-state index in [1.165, 1.54) is 9.80 Å². The number of carbonyl (C=O) groups is 7. The third-order valence-electron chi connectivity index (χ3n) is 10.9. The minimum Gasteiger partial charge on any atom is -0.363 e. The normalized spacial score (nSPS) is 23.0. The van der Waals surface area contributed by atoms with E-state index in [0.717, 1.165) is 19.3 Å². The zero-order chi connectivity index (χ0) is 38.9. The number of likely N-dealkylation sites (tertiary alicyclic amines) is 2. The number of piperidine rings is 1. The van der Waals surface area contributed by atoms with Gasteiger partial charge < -0.3 is 26.6 Å². The Bertz CT molecular complexity index is 1430. The Morgan fingerprint density at radius 1 is 0.922 bits per heavy atom. The van der Waals surface area contributed by atoms with Gasteiger partial charge in [-0.1, -0.05) is 74.7 Å². The number of amides is 7. The lowest BCUT2D eigenvalue weighted by molar-refractivity contribution is -0.153. The quantitative estimate of drug-likeness (QED) is 0.136. The molecule has 284 valence electrons. The lowest BCUT2D eigenvalue weighted by Crippen LogP contribution is -2.62. The molecule has 0 radical (unpaired) electrons. The molecular weight excluding hydrogens is 652 g/mol. The minimum atomic E-state index is -1.14. The van der Waals surface area contributed by atoms with Crippen LogP contribution in [0.1, 0.15) is 114 Å². The van der Waals surface area contributed by atoms with Crippen LogP contribution in [0.4, 0.5) is 4.79 Å². The number of primary amides is 1. The van der Waals surface area contributed by atoms with Gasteiger partial charge in [-0.05, 0) is 54.8 Å². The Morgan fingerprint density at radius 3 is 1.94 bits per heavy atom. The fraction of sp³-hybridized carbons (Fsp3) is 0.763. The Labute approximate surface area is 303 Å². The number of carbonyl (C=O) groups excluding carboxylic acids is 7. The first-order valence-corrected chi connectivity index (χ1v) is 18.1. The highest BCUT2D eigenvalue weighted by molar-refractivity contribution is 6.37. The van der Waals surface area contributed by atoms with E-state index in [9.17, 15) is 33.6 Å². The van der Waals surface area contributed by atoms with E-state index < -0.39 is 75.4 Å². The van der Waals surface area contributed by atoms with Crippen molar-refractivity contribution in [1.82, 2.24) is 25.8 Å². The summed E-state index contributed by atoms with van der Waals surface area (Å²) in [4.78, 5) is 95.4. The van der Waals surface area contributed by atoms with Gasteiger partial charge in [0.05, 0.1) is 12.1 Å². The summed E-state index contributed by atoms with van der Waals surface area (Å²) < 4.78 is 0. The maximum absolute atomic E-state index is 14.5. The van der Waals surface area contributed by atoms with Crippen LogP contribution in [0, 0.1) is 45.8 Å². The number of hydrogen-bond acceptors (Lipinski definition) is 7. The molecule has 1 unspecified atom stereocenters. The summed E-state index contributed by atoms with van der Waals surface area (Å²) in [6.07, 6.45) is 9.54. The Kier molecular flexibility index (Phi) is 12.5. The molecule has 0 aromatic heterocycles. The Balaban J connectivity index is 1.87. The van der Waals surface area contributed by atoms with Gasteiger partial charge in [0, 0.05) is 31.3 Å². The predicted octanol–water partition coefficient (Wildman–Crippen LogP) is 2.90. The van der Waals surface area contributed by atoms with Gasteiger partial charge in [-0.15, -0.1) is 12.3 Å². The molecule has 3 aliphatic rings. The van der Waals surface area contributed by atoms with Crippen molar-refractivity contribution in [2.24, 2.45) is 39.2 Å². The standard InChI is InChI=1S/C38H60N6O7/c1-12-38(10,11)23-17-25(32(49)40-24(29(47)31(39)48)16-22-14-13-15-22)43(20-23)33(50)30(36(5,6)7)42-34(51)41-26(35(2,3)4)21-44-27(45)18-37(8,9)19-28(44)46/h1,22-26,30H,13-21H2,2-11H3,(H2,39,48)(H,40,49)(H2,41,42,51)/t23-,24?,25+,26-,30-/m1/s1. The van der Waals surface area contributed by atoms with E-state index in [-0.39, 0.29) is 62.4 Å². The van der Waals surface area contributed by atoms with Gasteiger partial charge in [0.15, 0.2) is 0 Å². The van der Waals surface area contributed by atoms with Crippen LogP contribution in [0.3, 0.4) is 0 Å². The number of Topliss-reactive ketones (excluding diaryl/α,β-unsaturated/α-hetero) is 1. The highest BCUT2D eigenvalue weighted by Gasteiger charge is 2.49. The molecule has 1 aliphatic carbocycles. The summed E-state index contributed by atoms with van der Waals surface area (Å²) in [5, 5.41) is 8.48. The fourth-order valence-electron chi connectivity index (χ4n) is 6.98. The van der Waals surface area contributed by atoms with Crippen molar-refractivity contribution in [3.8, 4) is 12.3 Å². The number of nitrogens with two attached hydrogens (primary N) is 1. The molecule has 0 aromatic rings. The van der Waals surface area contributed by atoms with Gasteiger partial charge in [0.25, 0.3) is 5.91 Å². The molecule has 0 bridgehead atoms. The molecule has 2 heterocycles. The summed E-state index contributed by atoms with van der Waals surface area (Å²) in [6, 6.07) is -4.58. The second-order valence-electron chi connectivity index (χ2n) is 18.4. The monoisotopic (exact) mass is 712 g/mol. The van der Waals surface area contributed by atoms with Crippen LogP contribution < -0.4 is 21.7 Å². The highest BCUT2D eigenvalue weighted by Crippen LogP contribution is 2.39. The average molecular weight is 713 g/mol. The molecule has 7 amide bonds. The third kappa shape index (κ3) is 10.3. The van der Waals surface area contributed by atoms with Crippen LogP contribution in [-0.4, -0.2) is 88.4 Å². The first kappa shape index (κ1) is 41.5. The summed E-state index contributed by atoms with van der Waals surface area (Å²) in [7, 11) is 0. The number of nitrogens with one attached hydrogen (secondary N) is 3. The van der Waals surface area contributed by atoms with Crippen molar-refractivity contribution in [1.29, 1.82) is 0 Å². The van der Waals surface area contributed by atoms with Crippen molar-refractivity contribution in [2.45, 2.75) is 138 Å². The van der Waals surface area contributed by atoms with Crippen LogP contribution >= 0.6 is 0 Å². The molecule has 51 heavy (non-hydrogen) atoms. The van der Waals surface area contributed by atoms with Crippen molar-refractivity contribution in [3.63, 3.8) is 0 Å². The van der Waals surface area contributed by atoms with E-state index in [1.54, 1.807) is 20.8 Å². The third-order valence-corrected chi connectivity index (χ3v) is 10.9. The van der Waals surface area contributed by atoms with Gasteiger partial charge in [0.2, 0.25) is 29.4 Å². The molecule has 5 N–H and O–H groups in total. The van der Waals surface area contributed by atoms with Crippen molar-refractivity contribution < 1.29 is 33.6 Å². The lowest BCUT2D eigenvalue weighted by atomic mass is 9.78. The van der Waals surface area contributed by atoms with E-state index in [0.29, 0.717) is 0 Å². The number of imide groups is 1. The van der Waals surface area contributed by atoms with Crippen LogP contribution in [0.5, 0.6) is 0 Å². The summed E-state index contributed by atoms with van der Waals surface area (Å²) in [5.74, 6) is -1.07. The van der Waals surface area contributed by atoms with Crippen LogP contribution in [0.2, 0.25) is 0 Å². The smallest absolute Gasteiger partial charge is 0.315 e. The zero-order valence-electron chi connectivity index (χ0n) is 32.2. The van der Waals surface area contributed by atoms with Gasteiger partial charge in [-0.3, -0.25) is 33.7 Å². The number of ketones is 1. The van der Waals surface area contributed by atoms with Gasteiger partial charge in [-0.2, -0.15) is 0 Å². The first-order valence-electron chi connectivity index (χ1n) is 18.1. The fourth-order valence-corrected chi connectivity index (χ4v) is 6.98. The molecule has 3 rings (SSSR count). The molecule has 13 nitrogen and oxygen atoms in total. The molecule has 0 aromatic carbocycles. The second-order valence-corrected chi connectivity index (χ2v) is 18.4. The predicted molar refractivity (Wildman–Crippen MR) is 192 cm³/mol. The molecular formula is C38H60N6O7. The van der Waals surface area contributed by atoms with E-state index in [2.05, 4.69) is 21.9 Å². The molecule has 1 saturated carbocycles. The van der Waals surface area contributed by atoms with E-state index in [1.807, 2.05) is 48.5 Å². The van der Waals surface area contributed by atoms with Crippen LogP contribution in [-0.2, 0) is 28.8 Å². The van der Waals surface area contributed by atoms with Crippen molar-refractivity contribution in [3.05, 3.63) is 0 Å². The number of nitrogens with zero attached hydrogens (tertiary/aromatic N) is 2. The van der Waals surface area contributed by atoms with Crippen molar-refractivity contribution in [2.75, 3.05) is 13.1 Å². The van der Waals surface area contributed by atoms with E-state index in [4.69, 9.17) is 12.2 Å². The summed E-state index contributed by atoms with van der Waals surface area (Å²) in [5.41, 5.74) is 2.80. The Hall–Kier alpha value is -3.95. The molecule has 3 fully saturated rings. The maximum atomic E-state index is 14.5. The van der Waals surface area contributed by atoms with E-state index >= 15 is 0 Å². The summed E-state index contributed by atoms with van der Waals surface area (Å²) in [6.45, 7) is 18.6. The van der Waals surface area contributed by atoms with Gasteiger partial charge in [-0.25, -0.2) is 4.79 Å². The number of terminal acetylenes is 1. The number of urea groups is 1. The minimum absolute atomic E-state index is 0.0257. The largest absolute Gasteiger partial charge is 0.363 e. The molecule has 13 heteroatoms. The topological polar surface area (TPSA) is 188 Å². The van der Waals surface area contributed by atoms with Crippen molar-refractivity contribution >= 4 is 41.4 Å².